The second-order valence-electron chi connectivity index (χ2n) is 5.70. The predicted octanol–water partition coefficient (Wildman–Crippen LogP) is 6.15. The summed E-state index contributed by atoms with van der Waals surface area (Å²) in [6.07, 6.45) is 5.10. The fourth-order valence-corrected chi connectivity index (χ4v) is 3.51. The van der Waals surface area contributed by atoms with Crippen molar-refractivity contribution in [3.63, 3.8) is 0 Å². The first-order valence-electron chi connectivity index (χ1n) is 7.47. The Kier molecular flexibility index (Phi) is 4.56. The maximum atomic E-state index is 6.15. The molecule has 0 heterocycles. The van der Waals surface area contributed by atoms with Crippen LogP contribution in [0.4, 0.5) is 5.69 Å². The molecule has 3 heteroatoms. The quantitative estimate of drug-likeness (QED) is 0.688. The summed E-state index contributed by atoms with van der Waals surface area (Å²) in [6, 6.07) is 13.1. The van der Waals surface area contributed by atoms with E-state index < -0.39 is 0 Å². The molecule has 0 bridgehead atoms. The molecule has 2 aromatic carbocycles. The summed E-state index contributed by atoms with van der Waals surface area (Å²) in [5, 5.41) is 4.28. The summed E-state index contributed by atoms with van der Waals surface area (Å²) < 4.78 is 0.927. The highest BCUT2D eigenvalue weighted by atomic mass is 79.9. The number of anilines is 1. The highest BCUT2D eigenvalue weighted by Gasteiger charge is 2.13. The normalized spacial score (nSPS) is 15.4. The molecular weight excluding hydrogens is 346 g/mol. The van der Waals surface area contributed by atoms with Gasteiger partial charge < -0.3 is 5.32 Å². The van der Waals surface area contributed by atoms with Gasteiger partial charge in [-0.3, -0.25) is 0 Å². The Labute approximate surface area is 139 Å². The van der Waals surface area contributed by atoms with E-state index in [4.69, 9.17) is 11.6 Å². The number of hydrogen-bond donors (Lipinski definition) is 1. The van der Waals surface area contributed by atoms with Crippen LogP contribution in [-0.4, -0.2) is 0 Å². The highest BCUT2D eigenvalue weighted by Crippen LogP contribution is 2.33. The van der Waals surface area contributed by atoms with E-state index in [1.54, 1.807) is 0 Å². The number of hydrogen-bond acceptors (Lipinski definition) is 1. The third kappa shape index (κ3) is 3.27. The van der Waals surface area contributed by atoms with Crippen LogP contribution in [0.1, 0.15) is 42.5 Å². The molecule has 1 atom stereocenters. The molecule has 0 fully saturated rings. The van der Waals surface area contributed by atoms with E-state index in [1.165, 1.54) is 42.4 Å². The maximum absolute atomic E-state index is 6.15. The summed E-state index contributed by atoms with van der Waals surface area (Å²) in [5.41, 5.74) is 5.42. The third-order valence-corrected chi connectivity index (χ3v) is 5.59. The molecule has 1 unspecified atom stereocenters. The molecule has 0 aliphatic heterocycles. The number of halogens is 2. The standard InChI is InChI=1S/C18H19BrClN/c1-12(21-17-8-4-7-16(20)18(17)19)14-10-9-13-5-2-3-6-15(13)11-14/h4,7-12,21H,2-3,5-6H2,1H3. The van der Waals surface area contributed by atoms with E-state index in [2.05, 4.69) is 46.4 Å². The zero-order valence-electron chi connectivity index (χ0n) is 12.1. The Bertz CT molecular complexity index is 654. The third-order valence-electron chi connectivity index (χ3n) is 4.20. The maximum Gasteiger partial charge on any atom is 0.0593 e. The van der Waals surface area contributed by atoms with Crippen molar-refractivity contribution < 1.29 is 0 Å². The Morgan fingerprint density at radius 2 is 1.86 bits per heavy atom. The van der Waals surface area contributed by atoms with Gasteiger partial charge in [-0.05, 0) is 77.4 Å². The van der Waals surface area contributed by atoms with Crippen molar-refractivity contribution in [2.75, 3.05) is 5.32 Å². The van der Waals surface area contributed by atoms with Gasteiger partial charge in [-0.15, -0.1) is 0 Å². The monoisotopic (exact) mass is 363 g/mol. The lowest BCUT2D eigenvalue weighted by Gasteiger charge is -2.21. The molecule has 2 aromatic rings. The van der Waals surface area contributed by atoms with Gasteiger partial charge in [0.1, 0.15) is 0 Å². The van der Waals surface area contributed by atoms with Gasteiger partial charge >= 0.3 is 0 Å². The zero-order chi connectivity index (χ0) is 14.8. The minimum atomic E-state index is 0.256. The van der Waals surface area contributed by atoms with Crippen LogP contribution in [0.3, 0.4) is 0 Å². The first-order chi connectivity index (χ1) is 10.1. The second-order valence-corrected chi connectivity index (χ2v) is 6.90. The summed E-state index contributed by atoms with van der Waals surface area (Å²) in [7, 11) is 0. The van der Waals surface area contributed by atoms with E-state index in [1.807, 2.05) is 18.2 Å². The summed E-state index contributed by atoms with van der Waals surface area (Å²) in [6.45, 7) is 2.19. The van der Waals surface area contributed by atoms with Crippen molar-refractivity contribution >= 4 is 33.2 Å². The summed E-state index contributed by atoms with van der Waals surface area (Å²) >= 11 is 9.70. The van der Waals surface area contributed by atoms with Crippen LogP contribution in [0.15, 0.2) is 40.9 Å². The topological polar surface area (TPSA) is 12.0 Å². The average Bonchev–Trinajstić information content (AvgIpc) is 2.51. The van der Waals surface area contributed by atoms with Crippen molar-refractivity contribution in [2.24, 2.45) is 0 Å². The number of rotatable bonds is 3. The molecular formula is C18H19BrClN. The molecule has 0 saturated carbocycles. The van der Waals surface area contributed by atoms with Crippen LogP contribution in [0, 0.1) is 0 Å². The van der Waals surface area contributed by atoms with E-state index >= 15 is 0 Å². The Balaban J connectivity index is 1.82. The van der Waals surface area contributed by atoms with Crippen molar-refractivity contribution in [1.82, 2.24) is 0 Å². The fourth-order valence-electron chi connectivity index (χ4n) is 2.95. The lowest BCUT2D eigenvalue weighted by atomic mass is 9.89. The van der Waals surface area contributed by atoms with Gasteiger partial charge in [-0.25, -0.2) is 0 Å². The van der Waals surface area contributed by atoms with Crippen molar-refractivity contribution in [2.45, 2.75) is 38.6 Å². The Hall–Kier alpha value is -0.990. The molecule has 1 N–H and O–H groups in total. The SMILES string of the molecule is CC(Nc1cccc(Cl)c1Br)c1ccc2c(c1)CCCC2. The van der Waals surface area contributed by atoms with Gasteiger partial charge in [0, 0.05) is 6.04 Å². The largest absolute Gasteiger partial charge is 0.378 e. The molecule has 0 amide bonds. The molecule has 0 spiro atoms. The van der Waals surface area contributed by atoms with Gasteiger partial charge in [0.15, 0.2) is 0 Å². The smallest absolute Gasteiger partial charge is 0.0593 e. The lowest BCUT2D eigenvalue weighted by molar-refractivity contribution is 0.683. The van der Waals surface area contributed by atoms with Gasteiger partial charge in [0.05, 0.1) is 15.2 Å². The minimum absolute atomic E-state index is 0.256. The van der Waals surface area contributed by atoms with Gasteiger partial charge in [-0.2, -0.15) is 0 Å². The highest BCUT2D eigenvalue weighted by molar-refractivity contribution is 9.10. The Morgan fingerprint density at radius 1 is 1.10 bits per heavy atom. The summed E-state index contributed by atoms with van der Waals surface area (Å²) in [5.74, 6) is 0. The van der Waals surface area contributed by atoms with Gasteiger partial charge in [0.25, 0.3) is 0 Å². The van der Waals surface area contributed by atoms with Gasteiger partial charge in [-0.1, -0.05) is 35.9 Å². The predicted molar refractivity (Wildman–Crippen MR) is 94.3 cm³/mol. The van der Waals surface area contributed by atoms with Gasteiger partial charge in [0.2, 0.25) is 0 Å². The average molecular weight is 365 g/mol. The number of fused-ring (bicyclic) bond motifs is 1. The molecule has 3 rings (SSSR count). The first-order valence-corrected chi connectivity index (χ1v) is 8.64. The molecule has 21 heavy (non-hydrogen) atoms. The van der Waals surface area contributed by atoms with E-state index in [9.17, 15) is 0 Å². The van der Waals surface area contributed by atoms with E-state index in [0.29, 0.717) is 0 Å². The summed E-state index contributed by atoms with van der Waals surface area (Å²) in [4.78, 5) is 0. The molecule has 110 valence electrons. The minimum Gasteiger partial charge on any atom is -0.378 e. The fraction of sp³-hybridized carbons (Fsp3) is 0.333. The van der Waals surface area contributed by atoms with Crippen molar-refractivity contribution in [3.8, 4) is 0 Å². The molecule has 1 nitrogen and oxygen atoms in total. The van der Waals surface area contributed by atoms with E-state index in [-0.39, 0.29) is 6.04 Å². The second kappa shape index (κ2) is 6.41. The number of nitrogens with one attached hydrogen (secondary N) is 1. The number of aryl methyl sites for hydroxylation is 2. The number of benzene rings is 2. The Morgan fingerprint density at radius 3 is 2.67 bits per heavy atom. The lowest BCUT2D eigenvalue weighted by Crippen LogP contribution is -2.10. The van der Waals surface area contributed by atoms with Crippen LogP contribution >= 0.6 is 27.5 Å². The van der Waals surface area contributed by atoms with Crippen LogP contribution in [-0.2, 0) is 12.8 Å². The molecule has 1 aliphatic carbocycles. The molecule has 0 radical (unpaired) electrons. The van der Waals surface area contributed by atoms with Crippen LogP contribution < -0.4 is 5.32 Å². The van der Waals surface area contributed by atoms with E-state index in [0.717, 1.165) is 15.2 Å². The zero-order valence-corrected chi connectivity index (χ0v) is 14.5. The molecule has 0 saturated heterocycles. The van der Waals surface area contributed by atoms with Crippen LogP contribution in [0.5, 0.6) is 0 Å². The van der Waals surface area contributed by atoms with Crippen LogP contribution in [0.2, 0.25) is 5.02 Å². The van der Waals surface area contributed by atoms with Crippen LogP contribution in [0.25, 0.3) is 0 Å². The molecule has 1 aliphatic rings. The van der Waals surface area contributed by atoms with Crippen molar-refractivity contribution in [3.05, 3.63) is 62.6 Å². The van der Waals surface area contributed by atoms with Crippen molar-refractivity contribution in [1.29, 1.82) is 0 Å². The first kappa shape index (κ1) is 14.9. The molecule has 0 aromatic heterocycles.